The lowest BCUT2D eigenvalue weighted by molar-refractivity contribution is -0.139. The van der Waals surface area contributed by atoms with Crippen LogP contribution in [0.5, 0.6) is 0 Å². The summed E-state index contributed by atoms with van der Waals surface area (Å²) in [5.41, 5.74) is -4.19. The number of pyridine rings is 1. The zero-order valence-corrected chi connectivity index (χ0v) is 7.52. The summed E-state index contributed by atoms with van der Waals surface area (Å²) in [7, 11) is 0. The van der Waals surface area contributed by atoms with Crippen LogP contribution in [-0.4, -0.2) is 10.1 Å². The third kappa shape index (κ3) is 2.26. The summed E-state index contributed by atoms with van der Waals surface area (Å²) in [6, 6.07) is 0. The summed E-state index contributed by atoms with van der Waals surface area (Å²) in [6.45, 7) is -1.33. The first-order valence-corrected chi connectivity index (χ1v) is 3.92. The Kier molecular flexibility index (Phi) is 3.41. The molecular weight excluding hydrogens is 240 g/mol. The second kappa shape index (κ2) is 4.28. The first-order valence-electron chi connectivity index (χ1n) is 3.92. The Labute approximate surface area is 85.5 Å². The maximum Gasteiger partial charge on any atom is 0.418 e. The number of hydrogen-bond acceptors (Lipinski definition) is 2. The monoisotopic (exact) mass is 245 g/mol. The van der Waals surface area contributed by atoms with Crippen LogP contribution in [0.3, 0.4) is 0 Å². The van der Waals surface area contributed by atoms with Gasteiger partial charge < -0.3 is 5.11 Å². The van der Waals surface area contributed by atoms with Crippen molar-refractivity contribution in [3.05, 3.63) is 28.8 Å². The van der Waals surface area contributed by atoms with Crippen LogP contribution in [-0.2, 0) is 12.8 Å². The second-order valence-electron chi connectivity index (χ2n) is 2.81. The van der Waals surface area contributed by atoms with Crippen LogP contribution in [0.4, 0.5) is 26.3 Å². The average molecular weight is 245 g/mol. The van der Waals surface area contributed by atoms with E-state index >= 15 is 0 Å². The van der Waals surface area contributed by atoms with E-state index in [1.54, 1.807) is 0 Å². The molecule has 90 valence electrons. The Morgan fingerprint density at radius 1 is 1.31 bits per heavy atom. The zero-order valence-electron chi connectivity index (χ0n) is 7.52. The Balaban J connectivity index is 3.41. The third-order valence-electron chi connectivity index (χ3n) is 1.82. The van der Waals surface area contributed by atoms with Crippen LogP contribution in [0.1, 0.15) is 23.2 Å². The first kappa shape index (κ1) is 12.8. The van der Waals surface area contributed by atoms with Crippen molar-refractivity contribution in [2.45, 2.75) is 19.2 Å². The standard InChI is InChI=1S/C8H5F6NO/c9-5-3(2-16)4(8(12,13)14)1-15-6(5)7(10)11/h1,7,16H,2H2. The highest BCUT2D eigenvalue weighted by Crippen LogP contribution is 2.34. The van der Waals surface area contributed by atoms with Crippen LogP contribution >= 0.6 is 0 Å². The topological polar surface area (TPSA) is 33.1 Å². The van der Waals surface area contributed by atoms with Gasteiger partial charge in [0.25, 0.3) is 6.43 Å². The number of rotatable bonds is 2. The van der Waals surface area contributed by atoms with Crippen molar-refractivity contribution in [1.82, 2.24) is 4.98 Å². The summed E-state index contributed by atoms with van der Waals surface area (Å²) in [4.78, 5) is 2.70. The molecule has 0 aliphatic carbocycles. The highest BCUT2D eigenvalue weighted by atomic mass is 19.4. The molecule has 1 heterocycles. The first-order chi connectivity index (χ1) is 7.29. The molecule has 0 fully saturated rings. The molecule has 0 aliphatic rings. The molecule has 1 aromatic heterocycles. The van der Waals surface area contributed by atoms with Gasteiger partial charge in [-0.3, -0.25) is 4.98 Å². The van der Waals surface area contributed by atoms with Gasteiger partial charge in [-0.2, -0.15) is 13.2 Å². The Bertz CT molecular complexity index is 389. The molecule has 0 spiro atoms. The van der Waals surface area contributed by atoms with Gasteiger partial charge >= 0.3 is 6.18 Å². The van der Waals surface area contributed by atoms with Crippen LogP contribution in [0.2, 0.25) is 0 Å². The van der Waals surface area contributed by atoms with Gasteiger partial charge in [-0.15, -0.1) is 0 Å². The molecule has 1 aromatic rings. The summed E-state index contributed by atoms with van der Waals surface area (Å²) in [5, 5.41) is 8.56. The summed E-state index contributed by atoms with van der Waals surface area (Å²) in [5.74, 6) is -1.83. The summed E-state index contributed by atoms with van der Waals surface area (Å²) < 4.78 is 74.1. The Morgan fingerprint density at radius 3 is 2.25 bits per heavy atom. The van der Waals surface area contributed by atoms with E-state index in [9.17, 15) is 26.3 Å². The lowest BCUT2D eigenvalue weighted by atomic mass is 10.1. The molecule has 0 unspecified atom stereocenters. The fourth-order valence-corrected chi connectivity index (χ4v) is 1.09. The fraction of sp³-hybridized carbons (Fsp3) is 0.375. The average Bonchev–Trinajstić information content (AvgIpc) is 2.15. The number of aliphatic hydroxyl groups is 1. The van der Waals surface area contributed by atoms with Crippen molar-refractivity contribution in [3.8, 4) is 0 Å². The number of alkyl halides is 5. The smallest absolute Gasteiger partial charge is 0.392 e. The maximum atomic E-state index is 13.1. The lowest BCUT2D eigenvalue weighted by Gasteiger charge is -2.13. The number of aromatic nitrogens is 1. The molecule has 16 heavy (non-hydrogen) atoms. The minimum atomic E-state index is -4.95. The van der Waals surface area contributed by atoms with Gasteiger partial charge in [-0.1, -0.05) is 0 Å². The van der Waals surface area contributed by atoms with Gasteiger partial charge in [0.1, 0.15) is 5.69 Å². The van der Waals surface area contributed by atoms with E-state index in [1.165, 1.54) is 0 Å². The molecule has 0 saturated heterocycles. The van der Waals surface area contributed by atoms with Gasteiger partial charge in [0.2, 0.25) is 0 Å². The highest BCUT2D eigenvalue weighted by Gasteiger charge is 2.36. The minimum absolute atomic E-state index is 0.0795. The fourth-order valence-electron chi connectivity index (χ4n) is 1.09. The van der Waals surface area contributed by atoms with Crippen molar-refractivity contribution in [2.75, 3.05) is 0 Å². The predicted octanol–water partition coefficient (Wildman–Crippen LogP) is 2.67. The van der Waals surface area contributed by atoms with E-state index in [4.69, 9.17) is 5.11 Å². The molecular formula is C8H5F6NO. The van der Waals surface area contributed by atoms with Gasteiger partial charge in [-0.25, -0.2) is 13.2 Å². The number of halogens is 6. The van der Waals surface area contributed by atoms with E-state index in [2.05, 4.69) is 4.98 Å². The van der Waals surface area contributed by atoms with Crippen molar-refractivity contribution < 1.29 is 31.4 Å². The largest absolute Gasteiger partial charge is 0.418 e. The van der Waals surface area contributed by atoms with Crippen molar-refractivity contribution in [1.29, 1.82) is 0 Å². The van der Waals surface area contributed by atoms with E-state index in [0.717, 1.165) is 0 Å². The van der Waals surface area contributed by atoms with E-state index in [-0.39, 0.29) is 6.20 Å². The molecule has 8 heteroatoms. The molecule has 0 bridgehead atoms. The van der Waals surface area contributed by atoms with Gasteiger partial charge in [0.05, 0.1) is 12.2 Å². The molecule has 2 nitrogen and oxygen atoms in total. The van der Waals surface area contributed by atoms with Crippen LogP contribution in [0, 0.1) is 5.82 Å². The van der Waals surface area contributed by atoms with E-state index < -0.39 is 41.8 Å². The van der Waals surface area contributed by atoms with Gasteiger partial charge in [0.15, 0.2) is 5.82 Å². The van der Waals surface area contributed by atoms with Gasteiger partial charge in [-0.05, 0) is 0 Å². The molecule has 1 N–H and O–H groups in total. The molecule has 1 rings (SSSR count). The Morgan fingerprint density at radius 2 is 1.88 bits per heavy atom. The van der Waals surface area contributed by atoms with Crippen LogP contribution in [0.25, 0.3) is 0 Å². The Hall–Kier alpha value is -1.31. The van der Waals surface area contributed by atoms with Crippen molar-refractivity contribution >= 4 is 0 Å². The number of nitrogens with zero attached hydrogens (tertiary/aromatic N) is 1. The van der Waals surface area contributed by atoms with Gasteiger partial charge in [0, 0.05) is 11.8 Å². The zero-order chi connectivity index (χ0) is 12.5. The van der Waals surface area contributed by atoms with Crippen molar-refractivity contribution in [3.63, 3.8) is 0 Å². The number of hydrogen-bond donors (Lipinski definition) is 1. The SMILES string of the molecule is OCc1c(C(F)(F)F)cnc(C(F)F)c1F. The van der Waals surface area contributed by atoms with Crippen LogP contribution in [0.15, 0.2) is 6.20 Å². The normalized spacial score (nSPS) is 12.2. The summed E-state index contributed by atoms with van der Waals surface area (Å²) >= 11 is 0. The quantitative estimate of drug-likeness (QED) is 0.812. The number of aliphatic hydroxyl groups excluding tert-OH is 1. The summed E-state index contributed by atoms with van der Waals surface area (Å²) in [6.07, 6.45) is -8.21. The van der Waals surface area contributed by atoms with E-state index in [1.807, 2.05) is 0 Å². The molecule has 0 saturated carbocycles. The molecule has 0 aliphatic heterocycles. The molecule has 0 amide bonds. The lowest BCUT2D eigenvalue weighted by Crippen LogP contribution is -2.14. The molecule has 0 radical (unpaired) electrons. The molecule has 0 atom stereocenters. The highest BCUT2D eigenvalue weighted by molar-refractivity contribution is 5.30. The minimum Gasteiger partial charge on any atom is -0.392 e. The second-order valence-corrected chi connectivity index (χ2v) is 2.81. The molecule has 0 aromatic carbocycles. The maximum absolute atomic E-state index is 13.1. The third-order valence-corrected chi connectivity index (χ3v) is 1.82. The van der Waals surface area contributed by atoms with Crippen molar-refractivity contribution in [2.24, 2.45) is 0 Å². The van der Waals surface area contributed by atoms with E-state index in [0.29, 0.717) is 0 Å². The predicted molar refractivity (Wildman–Crippen MR) is 40.1 cm³/mol. The van der Waals surface area contributed by atoms with Crippen LogP contribution < -0.4 is 0 Å².